The molecule has 4 aliphatic rings. The minimum absolute atomic E-state index is 0.0244. The van der Waals surface area contributed by atoms with Crippen LogP contribution in [0.3, 0.4) is 0 Å². The molecule has 3 aliphatic heterocycles. The topological polar surface area (TPSA) is 626 Å². The Hall–Kier alpha value is -2.41. The number of ketones is 2. The van der Waals surface area contributed by atoms with E-state index in [0.717, 1.165) is 37.8 Å². The van der Waals surface area contributed by atoms with E-state index >= 15 is 0 Å². The molecule has 18 atom stereocenters. The molecule has 0 amide bonds. The summed E-state index contributed by atoms with van der Waals surface area (Å²) in [5.74, 6) is 1.94. The molecule has 85 heavy (non-hydrogen) atoms. The predicted octanol–water partition coefficient (Wildman–Crippen LogP) is -1.64. The molecular weight excluding hydrogens is 1180 g/mol. The first kappa shape index (κ1) is 89.0. The van der Waals surface area contributed by atoms with Crippen LogP contribution in [-0.2, 0) is 51.5 Å². The third kappa shape index (κ3) is 33.8. The van der Waals surface area contributed by atoms with Crippen LogP contribution in [-0.4, -0.2) is 292 Å². The highest BCUT2D eigenvalue weighted by Gasteiger charge is 2.46. The smallest absolute Gasteiger partial charge is 0.186 e. The molecule has 0 aromatic carbocycles. The number of Topliss-reactive ketones (excluding diaryl/α,β-unsaturated/α-hetero) is 2. The number of aliphatic hydroxyl groups excluding tert-OH is 13. The Morgan fingerprint density at radius 2 is 1.06 bits per heavy atom. The van der Waals surface area contributed by atoms with Gasteiger partial charge in [0.2, 0.25) is 0 Å². The fourth-order valence-corrected chi connectivity index (χ4v) is 9.69. The Labute approximate surface area is 495 Å². The number of nitrogens with zero attached hydrogens (tertiary/aromatic N) is 3. The fraction of sp³-hybridized carbons (Fsp3) is 0.917. The molecule has 36 nitrogen and oxygen atoms in total. The second-order valence-electron chi connectivity index (χ2n) is 19.9. The maximum absolute atomic E-state index is 11.5. The number of unbranched alkanes of at least 4 members (excludes halogenated alkanes) is 3. The van der Waals surface area contributed by atoms with Crippen LogP contribution in [0.5, 0.6) is 0 Å². The van der Waals surface area contributed by atoms with Gasteiger partial charge in [-0.2, -0.15) is 0 Å². The number of ether oxygens (including phenoxy) is 5. The summed E-state index contributed by atoms with van der Waals surface area (Å²) in [5.41, 5.74) is 0.0210. The van der Waals surface area contributed by atoms with Gasteiger partial charge in [0.1, 0.15) is 95.9 Å². The van der Waals surface area contributed by atoms with Gasteiger partial charge in [-0.3, -0.25) is 66.8 Å². The van der Waals surface area contributed by atoms with E-state index in [9.17, 15) is 65.8 Å². The van der Waals surface area contributed by atoms with Crippen LogP contribution >= 0.6 is 11.8 Å². The zero-order valence-electron chi connectivity index (χ0n) is 48.3. The molecule has 0 spiro atoms. The highest BCUT2D eigenvalue weighted by atomic mass is 32.2. The van der Waals surface area contributed by atoms with E-state index in [4.69, 9.17) is 97.0 Å². The lowest BCUT2D eigenvalue weighted by atomic mass is 9.69. The maximum Gasteiger partial charge on any atom is 0.186 e. The summed E-state index contributed by atoms with van der Waals surface area (Å²) in [6.45, 7) is 10.1. The lowest BCUT2D eigenvalue weighted by Crippen LogP contribution is -2.59. The van der Waals surface area contributed by atoms with Crippen LogP contribution in [0.25, 0.3) is 0 Å². The van der Waals surface area contributed by atoms with Gasteiger partial charge in [-0.05, 0) is 50.2 Å². The van der Waals surface area contributed by atoms with Gasteiger partial charge in [-0.15, -0.1) is 16.9 Å². The predicted molar refractivity (Wildman–Crippen MR) is 291 cm³/mol. The lowest BCUT2D eigenvalue weighted by molar-refractivity contribution is -0.465. The van der Waals surface area contributed by atoms with Gasteiger partial charge in [-0.25, -0.2) is 10.5 Å². The average Bonchev–Trinajstić information content (AvgIpc) is 4.16. The van der Waals surface area contributed by atoms with Crippen molar-refractivity contribution in [2.45, 2.75) is 216 Å². The van der Waals surface area contributed by atoms with E-state index in [-0.39, 0.29) is 42.0 Å². The number of thioether (sulfide) groups is 1. The Balaban J connectivity index is -0.000000536. The highest BCUT2D eigenvalue weighted by molar-refractivity contribution is 7.99. The minimum atomic E-state index is -1.43. The number of aliphatic hydroxyl groups is 13. The molecule has 0 bridgehead atoms. The Morgan fingerprint density at radius 3 is 1.54 bits per heavy atom. The first-order chi connectivity index (χ1) is 40.6. The van der Waals surface area contributed by atoms with Crippen LogP contribution in [0, 0.1) is 23.7 Å². The van der Waals surface area contributed by atoms with Crippen molar-refractivity contribution in [3.63, 3.8) is 0 Å². The van der Waals surface area contributed by atoms with Crippen LogP contribution < -0.4 is 0 Å². The molecule has 4 heterocycles. The van der Waals surface area contributed by atoms with Crippen LogP contribution in [0.2, 0.25) is 0 Å². The third-order valence-electron chi connectivity index (χ3n) is 13.6. The molecule has 25 N–H and O–H groups in total. The van der Waals surface area contributed by atoms with E-state index in [1.165, 1.54) is 11.8 Å². The Bertz CT molecular complexity index is 1620. The average molecular weight is 1280 g/mol. The number of carbonyl (C=O) groups excluding carboxylic acids is 2. The van der Waals surface area contributed by atoms with Gasteiger partial charge < -0.3 is 90.1 Å². The number of hydrogen-bond acceptors (Lipinski definition) is 36. The molecule has 37 heteroatoms. The van der Waals surface area contributed by atoms with Crippen molar-refractivity contribution in [2.24, 2.45) is 23.7 Å². The van der Waals surface area contributed by atoms with Gasteiger partial charge in [0.25, 0.3) is 0 Å². The van der Waals surface area contributed by atoms with Crippen molar-refractivity contribution in [1.82, 2.24) is 15.0 Å². The Kier molecular flexibility index (Phi) is 57.1. The number of rotatable bonds is 27. The van der Waals surface area contributed by atoms with Crippen LogP contribution in [0.4, 0.5) is 0 Å². The second-order valence-corrected chi connectivity index (χ2v) is 21.1. The summed E-state index contributed by atoms with van der Waals surface area (Å²) in [5, 5.41) is 209. The highest BCUT2D eigenvalue weighted by Crippen LogP contribution is 2.38. The van der Waals surface area contributed by atoms with Crippen molar-refractivity contribution in [3.8, 4) is 0 Å². The second kappa shape index (κ2) is 54.5. The molecule has 5 rings (SSSR count). The SMILES string of the molecule is CC(C)C(=O)CCCCCC1OC(CO)C(O)C(O)C1O.CC(C)C(=O)CCCCOC1OC(CO)C(O)C(O)C1O.CCC1CC(O)C1Cn1cc(COCCCSC2OC(CO)C(O)C(O)C2O)nn1.OO.OO.OO.OO.OO.OOO. The molecule has 1 aliphatic carbocycles. The molecule has 1 saturated carbocycles. The van der Waals surface area contributed by atoms with Crippen molar-refractivity contribution < 1.29 is 168 Å². The largest absolute Gasteiger partial charge is 0.394 e. The molecule has 0 radical (unpaired) electrons. The molecule has 1 aromatic rings. The van der Waals surface area contributed by atoms with Gasteiger partial charge in [0, 0.05) is 50.4 Å². The van der Waals surface area contributed by atoms with Crippen molar-refractivity contribution in [3.05, 3.63) is 11.9 Å². The lowest BCUT2D eigenvalue weighted by Gasteiger charge is -2.41. The molecule has 510 valence electrons. The van der Waals surface area contributed by atoms with Crippen molar-refractivity contribution in [2.75, 3.05) is 38.8 Å². The van der Waals surface area contributed by atoms with E-state index < -0.39 is 111 Å². The van der Waals surface area contributed by atoms with Gasteiger partial charge in [0.15, 0.2) is 6.29 Å². The third-order valence-corrected chi connectivity index (χ3v) is 14.8. The van der Waals surface area contributed by atoms with Crippen LogP contribution in [0.1, 0.15) is 111 Å². The van der Waals surface area contributed by atoms with E-state index in [0.29, 0.717) is 70.0 Å². The van der Waals surface area contributed by atoms with E-state index in [1.807, 2.05) is 33.9 Å². The first-order valence-electron chi connectivity index (χ1n) is 26.9. The Morgan fingerprint density at radius 1 is 0.600 bits per heavy atom. The summed E-state index contributed by atoms with van der Waals surface area (Å²) in [4.78, 5) is 22.9. The summed E-state index contributed by atoms with van der Waals surface area (Å²) in [6.07, 6.45) is -6.72. The maximum atomic E-state index is 11.5. The quantitative estimate of drug-likeness (QED) is 0.0267. The molecule has 18 unspecified atom stereocenters. The number of carbonyl (C=O) groups is 2. The van der Waals surface area contributed by atoms with E-state index in [1.54, 1.807) is 4.68 Å². The molecule has 3 saturated heterocycles. The summed E-state index contributed by atoms with van der Waals surface area (Å²) in [7, 11) is 0. The van der Waals surface area contributed by atoms with Gasteiger partial charge >= 0.3 is 0 Å². The zero-order chi connectivity index (χ0) is 66.4. The normalized spacial score (nSPS) is 30.0. The van der Waals surface area contributed by atoms with Crippen molar-refractivity contribution in [1.29, 1.82) is 0 Å². The monoisotopic (exact) mass is 1280 g/mol. The molecule has 4 fully saturated rings. The molecular formula is C48H99N3O33S. The summed E-state index contributed by atoms with van der Waals surface area (Å²) < 4.78 is 28.8. The minimum Gasteiger partial charge on any atom is -0.394 e. The number of aromatic nitrogens is 3. The standard InChI is InChI=1S/C19H33N3O7S.C15H28O6.C14H26O7.H2O3.5H2O2/c1-2-11-6-14(24)13(11)8-22-7-12(20-21-22)10-28-4-3-5-30-19-18(27)17(26)16(25)15(9-23)29-19;1-9(2)10(17)6-4-3-5-7-11-13(18)15(20)14(19)12(8-16)21-11;1-8(2)9(16)5-3-4-6-20-14-13(19)12(18)11(17)10(7-15)21-14;1-3-2;5*1-2/h7,11,13-19,23-27H,2-6,8-10H2,1H3;9,11-16,18-20H,3-8H2,1-2H3;8,10-15,17-19H,3-7H2,1-2H3;1-2H;5*1-2H. The fourth-order valence-electron chi connectivity index (χ4n) is 8.59. The van der Waals surface area contributed by atoms with Crippen LogP contribution in [0.15, 0.2) is 6.20 Å². The first-order valence-corrected chi connectivity index (χ1v) is 28.0. The van der Waals surface area contributed by atoms with Gasteiger partial charge in [0.05, 0.1) is 44.8 Å². The summed E-state index contributed by atoms with van der Waals surface area (Å²) in [6, 6.07) is 0. The summed E-state index contributed by atoms with van der Waals surface area (Å²) >= 11 is 1.31. The molecule has 1 aromatic heterocycles. The van der Waals surface area contributed by atoms with E-state index in [2.05, 4.69) is 22.3 Å². The number of hydrogen-bond donors (Lipinski definition) is 25. The van der Waals surface area contributed by atoms with Crippen molar-refractivity contribution >= 4 is 23.3 Å². The zero-order valence-corrected chi connectivity index (χ0v) is 49.1. The van der Waals surface area contributed by atoms with Gasteiger partial charge in [-0.1, -0.05) is 64.1 Å².